The molecule has 2 heterocycles. The molecule has 0 unspecified atom stereocenters. The third kappa shape index (κ3) is 3.63. The van der Waals surface area contributed by atoms with Crippen LogP contribution in [0.2, 0.25) is 0 Å². The van der Waals surface area contributed by atoms with Crippen LogP contribution < -0.4 is 0 Å². The molecule has 1 saturated carbocycles. The molecule has 1 aliphatic rings. The zero-order chi connectivity index (χ0) is 19.0. The molecule has 2 aromatic heterocycles. The van der Waals surface area contributed by atoms with Crippen molar-refractivity contribution in [2.75, 3.05) is 13.1 Å². The van der Waals surface area contributed by atoms with E-state index < -0.39 is 10.0 Å². The Balaban J connectivity index is 1.55. The lowest BCUT2D eigenvalue weighted by atomic mass is 10.3. The number of aromatic nitrogens is 4. The van der Waals surface area contributed by atoms with Gasteiger partial charge in [-0.1, -0.05) is 25.6 Å². The Hall–Kier alpha value is -1.84. The molecule has 0 spiro atoms. The van der Waals surface area contributed by atoms with Gasteiger partial charge in [-0.15, -0.1) is 0 Å². The monoisotopic (exact) mass is 405 g/mol. The van der Waals surface area contributed by atoms with Crippen LogP contribution in [-0.4, -0.2) is 45.3 Å². The summed E-state index contributed by atoms with van der Waals surface area (Å²) in [4.78, 5) is 12.6. The summed E-state index contributed by atoms with van der Waals surface area (Å²) in [6.45, 7) is 4.60. The van der Waals surface area contributed by atoms with Crippen LogP contribution in [0.4, 0.5) is 0 Å². The number of rotatable bonds is 8. The fourth-order valence-electron chi connectivity index (χ4n) is 3.16. The summed E-state index contributed by atoms with van der Waals surface area (Å²) in [6.07, 6.45) is 6.31. The van der Waals surface area contributed by atoms with Gasteiger partial charge in [0.2, 0.25) is 10.0 Å². The summed E-state index contributed by atoms with van der Waals surface area (Å²) >= 11 is 1.64. The Labute approximate surface area is 163 Å². The van der Waals surface area contributed by atoms with Crippen LogP contribution in [0.5, 0.6) is 0 Å². The highest BCUT2D eigenvalue weighted by molar-refractivity contribution is 7.98. The Morgan fingerprint density at radius 1 is 1.30 bits per heavy atom. The predicted molar refractivity (Wildman–Crippen MR) is 106 cm³/mol. The molecule has 0 radical (unpaired) electrons. The predicted octanol–water partition coefficient (Wildman–Crippen LogP) is 3.42. The van der Waals surface area contributed by atoms with Crippen molar-refractivity contribution in [1.29, 1.82) is 0 Å². The Morgan fingerprint density at radius 3 is 2.78 bits per heavy atom. The fraction of sp³-hybridized carbons (Fsp3) is 0.444. The molecule has 0 atom stereocenters. The van der Waals surface area contributed by atoms with Crippen LogP contribution in [0, 0.1) is 0 Å². The largest absolute Gasteiger partial charge is 0.341 e. The van der Waals surface area contributed by atoms with Crippen LogP contribution in [0.3, 0.4) is 0 Å². The van der Waals surface area contributed by atoms with Gasteiger partial charge in [-0.3, -0.25) is 0 Å². The minimum absolute atomic E-state index is 0.297. The van der Waals surface area contributed by atoms with Crippen molar-refractivity contribution in [1.82, 2.24) is 23.8 Å². The molecule has 0 amide bonds. The van der Waals surface area contributed by atoms with E-state index >= 15 is 0 Å². The third-order valence-corrected chi connectivity index (χ3v) is 7.80. The lowest BCUT2D eigenvalue weighted by Crippen LogP contribution is -2.30. The second kappa shape index (κ2) is 7.29. The second-order valence-corrected chi connectivity index (χ2v) is 9.47. The van der Waals surface area contributed by atoms with Crippen molar-refractivity contribution in [3.8, 4) is 0 Å². The number of hydrogen-bond donors (Lipinski definition) is 1. The first kappa shape index (κ1) is 18.5. The lowest BCUT2D eigenvalue weighted by Gasteiger charge is -2.18. The van der Waals surface area contributed by atoms with E-state index in [1.165, 1.54) is 17.1 Å². The number of aromatic amines is 1. The number of nitrogens with zero attached hydrogens (tertiary/aromatic N) is 4. The minimum Gasteiger partial charge on any atom is -0.341 e. The van der Waals surface area contributed by atoms with Crippen LogP contribution >= 0.6 is 11.8 Å². The highest BCUT2D eigenvalue weighted by atomic mass is 32.2. The number of nitrogens with one attached hydrogen (secondary N) is 1. The lowest BCUT2D eigenvalue weighted by molar-refractivity contribution is 0.445. The molecular weight excluding hydrogens is 382 g/mol. The first-order valence-corrected chi connectivity index (χ1v) is 11.6. The van der Waals surface area contributed by atoms with E-state index in [1.54, 1.807) is 30.0 Å². The molecule has 27 heavy (non-hydrogen) atoms. The fourth-order valence-corrected chi connectivity index (χ4v) is 5.54. The van der Waals surface area contributed by atoms with E-state index in [9.17, 15) is 8.42 Å². The standard InChI is InChI=1S/C18H23N5O2S2/c1-3-22(4-2)27(24,25)14-7-8-15-16(11-14)21-17(20-15)12-26-18-19-9-10-23(18)13-5-6-13/h7-11,13H,3-6,12H2,1-2H3,(H,20,21). The molecule has 1 aromatic carbocycles. The van der Waals surface area contributed by atoms with Gasteiger partial charge in [-0.05, 0) is 31.0 Å². The topological polar surface area (TPSA) is 83.9 Å². The zero-order valence-electron chi connectivity index (χ0n) is 15.4. The van der Waals surface area contributed by atoms with Gasteiger partial charge >= 0.3 is 0 Å². The highest BCUT2D eigenvalue weighted by Crippen LogP contribution is 2.38. The van der Waals surface area contributed by atoms with E-state index in [-0.39, 0.29) is 0 Å². The van der Waals surface area contributed by atoms with Gasteiger partial charge in [0.25, 0.3) is 0 Å². The molecule has 0 saturated heterocycles. The summed E-state index contributed by atoms with van der Waals surface area (Å²) in [5.74, 6) is 1.48. The van der Waals surface area contributed by atoms with E-state index in [1.807, 2.05) is 26.2 Å². The molecule has 1 aliphatic carbocycles. The van der Waals surface area contributed by atoms with Crippen molar-refractivity contribution in [2.45, 2.75) is 48.5 Å². The number of imidazole rings is 2. The molecule has 1 fully saturated rings. The summed E-state index contributed by atoms with van der Waals surface area (Å²) in [6, 6.07) is 5.67. The normalized spacial score (nSPS) is 15.1. The number of sulfonamides is 1. The summed E-state index contributed by atoms with van der Waals surface area (Å²) in [7, 11) is -3.47. The minimum atomic E-state index is -3.47. The first-order valence-electron chi connectivity index (χ1n) is 9.17. The molecule has 4 rings (SSSR count). The molecule has 1 N–H and O–H groups in total. The molecule has 3 aromatic rings. The van der Waals surface area contributed by atoms with Crippen molar-refractivity contribution >= 4 is 32.8 Å². The highest BCUT2D eigenvalue weighted by Gasteiger charge is 2.26. The smallest absolute Gasteiger partial charge is 0.243 e. The zero-order valence-corrected chi connectivity index (χ0v) is 17.1. The molecule has 0 aliphatic heterocycles. The van der Waals surface area contributed by atoms with E-state index in [4.69, 9.17) is 0 Å². The van der Waals surface area contributed by atoms with Crippen molar-refractivity contribution in [3.63, 3.8) is 0 Å². The number of hydrogen-bond acceptors (Lipinski definition) is 5. The SMILES string of the molecule is CCN(CC)S(=O)(=O)c1ccc2nc(CSc3nccn3C3CC3)[nH]c2c1. The Bertz CT molecular complexity index is 1050. The van der Waals surface area contributed by atoms with E-state index in [0.717, 1.165) is 22.0 Å². The van der Waals surface area contributed by atoms with Crippen LogP contribution in [-0.2, 0) is 15.8 Å². The maximum Gasteiger partial charge on any atom is 0.243 e. The van der Waals surface area contributed by atoms with Gasteiger partial charge in [0.05, 0.1) is 21.7 Å². The Kier molecular flexibility index (Phi) is 5.00. The van der Waals surface area contributed by atoms with Crippen LogP contribution in [0.25, 0.3) is 11.0 Å². The average Bonchev–Trinajstić information content (AvgIpc) is 3.24. The quantitative estimate of drug-likeness (QED) is 0.581. The van der Waals surface area contributed by atoms with Gasteiger partial charge in [0, 0.05) is 31.5 Å². The van der Waals surface area contributed by atoms with Gasteiger partial charge in [0.15, 0.2) is 5.16 Å². The molecular formula is C18H23N5O2S2. The molecule has 7 nitrogen and oxygen atoms in total. The number of fused-ring (bicyclic) bond motifs is 1. The maximum atomic E-state index is 12.7. The van der Waals surface area contributed by atoms with Crippen LogP contribution in [0.1, 0.15) is 38.6 Å². The molecule has 9 heteroatoms. The van der Waals surface area contributed by atoms with Gasteiger partial charge in [-0.2, -0.15) is 4.31 Å². The number of H-pyrrole nitrogens is 1. The van der Waals surface area contributed by atoms with Gasteiger partial charge in [0.1, 0.15) is 5.82 Å². The molecule has 0 bridgehead atoms. The first-order chi connectivity index (χ1) is 13.0. The number of benzene rings is 1. The second-order valence-electron chi connectivity index (χ2n) is 6.59. The maximum absolute atomic E-state index is 12.7. The average molecular weight is 406 g/mol. The third-order valence-electron chi connectivity index (χ3n) is 4.76. The van der Waals surface area contributed by atoms with Gasteiger partial charge < -0.3 is 9.55 Å². The van der Waals surface area contributed by atoms with Crippen molar-refractivity contribution in [2.24, 2.45) is 0 Å². The van der Waals surface area contributed by atoms with Crippen molar-refractivity contribution in [3.05, 3.63) is 36.4 Å². The van der Waals surface area contributed by atoms with Crippen LogP contribution in [0.15, 0.2) is 40.6 Å². The summed E-state index contributed by atoms with van der Waals surface area (Å²) < 4.78 is 29.1. The summed E-state index contributed by atoms with van der Waals surface area (Å²) in [5.41, 5.74) is 1.51. The van der Waals surface area contributed by atoms with E-state index in [2.05, 4.69) is 19.5 Å². The molecule has 144 valence electrons. The Morgan fingerprint density at radius 2 is 2.07 bits per heavy atom. The van der Waals surface area contributed by atoms with Crippen molar-refractivity contribution < 1.29 is 8.42 Å². The summed E-state index contributed by atoms with van der Waals surface area (Å²) in [5, 5.41) is 1.00. The number of thioether (sulfide) groups is 1. The van der Waals surface area contributed by atoms with Gasteiger partial charge in [-0.25, -0.2) is 18.4 Å². The van der Waals surface area contributed by atoms with E-state index in [0.29, 0.717) is 29.8 Å².